The fourth-order valence-corrected chi connectivity index (χ4v) is 8.36. The van der Waals surface area contributed by atoms with Gasteiger partial charge in [0.25, 0.3) is 0 Å². The molecule has 0 atom stereocenters. The summed E-state index contributed by atoms with van der Waals surface area (Å²) in [5.41, 5.74) is 0. The topological polar surface area (TPSA) is 0 Å². The highest BCUT2D eigenvalue weighted by molar-refractivity contribution is 7.97. The lowest BCUT2D eigenvalue weighted by molar-refractivity contribution is -0.00100. The molecule has 0 amide bonds. The van der Waals surface area contributed by atoms with E-state index in [1.807, 2.05) is 0 Å². The average Bonchev–Trinajstić information content (AvgIpc) is 3.01. The number of halogens is 2. The molecule has 0 aliphatic rings. The van der Waals surface area contributed by atoms with Crippen LogP contribution in [0.3, 0.4) is 0 Å². The Morgan fingerprint density at radius 2 is 0.325 bits per heavy atom. The highest BCUT2D eigenvalue weighted by atomic mass is 79.9. The van der Waals surface area contributed by atoms with Crippen LogP contribution in [0.15, 0.2) is 211 Å². The molecule has 0 fully saturated rings. The van der Waals surface area contributed by atoms with E-state index < -0.39 is 0 Å². The predicted molar refractivity (Wildman–Crippen MR) is 163 cm³/mol. The molecule has 0 aromatic heterocycles. The van der Waals surface area contributed by atoms with Gasteiger partial charge in [0, 0.05) is 0 Å². The van der Waals surface area contributed by atoms with Crippen LogP contribution < -0.4 is 34.0 Å². The van der Waals surface area contributed by atoms with Crippen molar-refractivity contribution in [2.45, 2.75) is 29.4 Å². The van der Waals surface area contributed by atoms with E-state index in [9.17, 15) is 0 Å². The van der Waals surface area contributed by atoms with E-state index in [0.717, 1.165) is 0 Å². The Morgan fingerprint density at radius 1 is 0.200 bits per heavy atom. The van der Waals surface area contributed by atoms with Crippen LogP contribution in [0.25, 0.3) is 0 Å². The highest BCUT2D eigenvalue weighted by Gasteiger charge is 2.28. The molecule has 0 radical (unpaired) electrons. The fraction of sp³-hybridized carbons (Fsp3) is 0. The van der Waals surface area contributed by atoms with Gasteiger partial charge in [-0.05, 0) is 72.8 Å². The standard InChI is InChI=1S/2C18H15S.2BrH/c2*1-4-10-16(11-5-1)19(17-12-6-2-7-13-17)18-14-8-3-9-15-18;;/h2*1-15H;2*1H/q2*+1;;/p-2. The summed E-state index contributed by atoms with van der Waals surface area (Å²) < 4.78 is 0. The minimum absolute atomic E-state index is 0. The van der Waals surface area contributed by atoms with E-state index in [4.69, 9.17) is 0 Å². The maximum Gasteiger partial charge on any atom is 0.166 e. The molecule has 6 aromatic carbocycles. The maximum absolute atomic E-state index is 2.21. The van der Waals surface area contributed by atoms with Gasteiger partial charge < -0.3 is 34.0 Å². The van der Waals surface area contributed by atoms with Gasteiger partial charge in [-0.25, -0.2) is 0 Å². The van der Waals surface area contributed by atoms with Crippen LogP contribution in [-0.4, -0.2) is 0 Å². The van der Waals surface area contributed by atoms with Crippen LogP contribution in [0.2, 0.25) is 0 Å². The van der Waals surface area contributed by atoms with Gasteiger partial charge >= 0.3 is 0 Å². The first-order valence-corrected chi connectivity index (χ1v) is 15.1. The van der Waals surface area contributed by atoms with Gasteiger partial charge in [0.05, 0.1) is 21.8 Å². The van der Waals surface area contributed by atoms with Crippen molar-refractivity contribution < 1.29 is 34.0 Å². The SMILES string of the molecule is [Br-].[Br-].c1ccc([S+](c2ccccc2)c2ccccc2)cc1.c1ccc([S+](c2ccccc2)c2ccccc2)cc1. The first-order valence-electron chi connectivity index (χ1n) is 12.7. The van der Waals surface area contributed by atoms with Gasteiger partial charge in [-0.2, -0.15) is 0 Å². The lowest BCUT2D eigenvalue weighted by atomic mass is 10.4. The molecular formula is C36H30Br2S2. The Balaban J connectivity index is 0.000000210. The molecule has 0 unspecified atom stereocenters. The number of hydrogen-bond acceptors (Lipinski definition) is 0. The van der Waals surface area contributed by atoms with Crippen LogP contribution in [0.5, 0.6) is 0 Å². The molecule has 0 bridgehead atoms. The zero-order valence-corrected chi connectivity index (χ0v) is 26.7. The second-order valence-corrected chi connectivity index (χ2v) is 12.5. The summed E-state index contributed by atoms with van der Waals surface area (Å²) in [6.45, 7) is 0. The van der Waals surface area contributed by atoms with Crippen molar-refractivity contribution in [3.63, 3.8) is 0 Å². The molecule has 0 saturated heterocycles. The summed E-state index contributed by atoms with van der Waals surface area (Å²) in [6, 6.07) is 64.3. The van der Waals surface area contributed by atoms with Gasteiger partial charge in [-0.1, -0.05) is 109 Å². The summed E-state index contributed by atoms with van der Waals surface area (Å²) in [5, 5.41) is 0. The second kappa shape index (κ2) is 16.9. The summed E-state index contributed by atoms with van der Waals surface area (Å²) in [6.07, 6.45) is 0. The lowest BCUT2D eigenvalue weighted by Gasteiger charge is -2.07. The quantitative estimate of drug-likeness (QED) is 0.236. The Hall–Kier alpha value is -3.02. The third-order valence-corrected chi connectivity index (χ3v) is 10.3. The van der Waals surface area contributed by atoms with E-state index in [1.54, 1.807) is 0 Å². The van der Waals surface area contributed by atoms with Crippen molar-refractivity contribution in [3.05, 3.63) is 182 Å². The molecule has 200 valence electrons. The van der Waals surface area contributed by atoms with E-state index in [0.29, 0.717) is 0 Å². The van der Waals surface area contributed by atoms with Crippen molar-refractivity contribution in [2.75, 3.05) is 0 Å². The van der Waals surface area contributed by atoms with Gasteiger partial charge in [0.1, 0.15) is 0 Å². The summed E-state index contributed by atoms with van der Waals surface area (Å²) in [5.74, 6) is 0. The molecule has 6 aromatic rings. The van der Waals surface area contributed by atoms with Crippen LogP contribution >= 0.6 is 0 Å². The van der Waals surface area contributed by atoms with Crippen molar-refractivity contribution in [1.29, 1.82) is 0 Å². The zero-order valence-electron chi connectivity index (χ0n) is 21.9. The summed E-state index contributed by atoms with van der Waals surface area (Å²) in [4.78, 5) is 8.17. The van der Waals surface area contributed by atoms with Gasteiger partial charge in [0.2, 0.25) is 0 Å². The van der Waals surface area contributed by atoms with Crippen LogP contribution in [0.1, 0.15) is 0 Å². The smallest absolute Gasteiger partial charge is 0.166 e. The molecule has 6 rings (SSSR count). The molecule has 0 saturated carbocycles. The molecule has 0 heterocycles. The Morgan fingerprint density at radius 3 is 0.450 bits per heavy atom. The Bertz CT molecular complexity index is 1180. The van der Waals surface area contributed by atoms with E-state index in [2.05, 4.69) is 182 Å². The van der Waals surface area contributed by atoms with Crippen LogP contribution in [-0.2, 0) is 21.8 Å². The van der Waals surface area contributed by atoms with E-state index in [1.165, 1.54) is 29.4 Å². The first-order chi connectivity index (χ1) is 18.9. The zero-order chi connectivity index (χ0) is 25.8. The van der Waals surface area contributed by atoms with Crippen molar-refractivity contribution in [1.82, 2.24) is 0 Å². The maximum atomic E-state index is 2.21. The number of hydrogen-bond donors (Lipinski definition) is 0. The Labute approximate surface area is 265 Å². The minimum atomic E-state index is -0.0146. The predicted octanol–water partition coefficient (Wildman–Crippen LogP) is 3.57. The van der Waals surface area contributed by atoms with Gasteiger partial charge in [0.15, 0.2) is 29.4 Å². The molecule has 0 N–H and O–H groups in total. The summed E-state index contributed by atoms with van der Waals surface area (Å²) in [7, 11) is -0.0293. The number of rotatable bonds is 6. The third kappa shape index (κ3) is 8.49. The molecule has 40 heavy (non-hydrogen) atoms. The first kappa shape index (κ1) is 31.5. The summed E-state index contributed by atoms with van der Waals surface area (Å²) >= 11 is 0. The van der Waals surface area contributed by atoms with Gasteiger partial charge in [-0.3, -0.25) is 0 Å². The number of benzene rings is 6. The Kier molecular flexibility index (Phi) is 13.3. The van der Waals surface area contributed by atoms with Crippen molar-refractivity contribution in [2.24, 2.45) is 0 Å². The van der Waals surface area contributed by atoms with Gasteiger partial charge in [-0.15, -0.1) is 0 Å². The van der Waals surface area contributed by atoms with Crippen molar-refractivity contribution in [3.8, 4) is 0 Å². The second-order valence-electron chi connectivity index (χ2n) is 8.49. The molecule has 0 spiro atoms. The van der Waals surface area contributed by atoms with E-state index >= 15 is 0 Å². The third-order valence-electron chi connectivity index (χ3n) is 5.87. The lowest BCUT2D eigenvalue weighted by Crippen LogP contribution is -3.00. The fourth-order valence-electron chi connectivity index (χ4n) is 4.16. The van der Waals surface area contributed by atoms with Crippen molar-refractivity contribution >= 4 is 21.8 Å². The largest absolute Gasteiger partial charge is 1.00 e. The van der Waals surface area contributed by atoms with Crippen LogP contribution in [0.4, 0.5) is 0 Å². The molecule has 0 nitrogen and oxygen atoms in total. The highest BCUT2D eigenvalue weighted by Crippen LogP contribution is 2.31. The minimum Gasteiger partial charge on any atom is -1.00 e. The molecular weight excluding hydrogens is 656 g/mol. The monoisotopic (exact) mass is 684 g/mol. The van der Waals surface area contributed by atoms with E-state index in [-0.39, 0.29) is 55.8 Å². The molecule has 4 heteroatoms. The normalized spacial score (nSPS) is 10.1. The van der Waals surface area contributed by atoms with Crippen LogP contribution in [0, 0.1) is 0 Å². The average molecular weight is 687 g/mol. The molecule has 0 aliphatic heterocycles. The molecule has 0 aliphatic carbocycles.